The maximum absolute atomic E-state index is 12.1. The fourth-order valence-corrected chi connectivity index (χ4v) is 2.14. The number of benzene rings is 1. The molecule has 1 aromatic carbocycles. The fraction of sp³-hybridized carbons (Fsp3) is 0.143. The second kappa shape index (κ2) is 4.86. The number of nitrogens with one attached hydrogen (secondary N) is 1. The van der Waals surface area contributed by atoms with E-state index in [1.54, 1.807) is 12.1 Å². The standard InChI is InChI=1S/C14H11N3O4/c1-2-10-11(16-7-15-10)14(20)21-17-12(18)8-5-3-4-6-9(8)13(17)19/h3-7H,2H2,1H3,(H,15,16). The van der Waals surface area contributed by atoms with E-state index in [0.717, 1.165) is 0 Å². The monoisotopic (exact) mass is 285 g/mol. The maximum atomic E-state index is 12.1. The van der Waals surface area contributed by atoms with Gasteiger partial charge in [-0.2, -0.15) is 0 Å². The number of H-pyrrole nitrogens is 1. The van der Waals surface area contributed by atoms with E-state index in [1.807, 2.05) is 6.92 Å². The Morgan fingerprint density at radius 3 is 2.43 bits per heavy atom. The Labute approximate surface area is 119 Å². The van der Waals surface area contributed by atoms with Crippen LogP contribution in [0.3, 0.4) is 0 Å². The minimum atomic E-state index is -0.845. The SMILES string of the molecule is CCc1[nH]cnc1C(=O)ON1C(=O)c2ccccc2C1=O. The lowest BCUT2D eigenvalue weighted by Gasteiger charge is -2.12. The molecule has 1 N–H and O–H groups in total. The Hall–Kier alpha value is -2.96. The van der Waals surface area contributed by atoms with Gasteiger partial charge in [-0.1, -0.05) is 24.1 Å². The second-order valence-electron chi connectivity index (χ2n) is 4.41. The quantitative estimate of drug-likeness (QED) is 0.859. The minimum Gasteiger partial charge on any atom is -0.348 e. The van der Waals surface area contributed by atoms with Crippen LogP contribution in [0.2, 0.25) is 0 Å². The first-order valence-electron chi connectivity index (χ1n) is 6.35. The van der Waals surface area contributed by atoms with Crippen molar-refractivity contribution in [1.82, 2.24) is 15.0 Å². The van der Waals surface area contributed by atoms with E-state index in [1.165, 1.54) is 18.5 Å². The number of hydrogen-bond acceptors (Lipinski definition) is 5. The van der Waals surface area contributed by atoms with Gasteiger partial charge in [0.2, 0.25) is 0 Å². The van der Waals surface area contributed by atoms with Crippen molar-refractivity contribution in [2.45, 2.75) is 13.3 Å². The first kappa shape index (κ1) is 13.0. The van der Waals surface area contributed by atoms with E-state index in [0.29, 0.717) is 17.2 Å². The first-order chi connectivity index (χ1) is 10.1. The third-order valence-electron chi connectivity index (χ3n) is 3.20. The molecular formula is C14H11N3O4. The van der Waals surface area contributed by atoms with Gasteiger partial charge in [-0.05, 0) is 18.6 Å². The summed E-state index contributed by atoms with van der Waals surface area (Å²) in [6.07, 6.45) is 1.91. The van der Waals surface area contributed by atoms with Gasteiger partial charge in [-0.15, -0.1) is 0 Å². The molecule has 0 saturated carbocycles. The smallest absolute Gasteiger partial charge is 0.348 e. The summed E-state index contributed by atoms with van der Waals surface area (Å²) >= 11 is 0. The molecule has 0 unspecified atom stereocenters. The molecule has 2 amide bonds. The van der Waals surface area contributed by atoms with Crippen LogP contribution in [0.5, 0.6) is 0 Å². The predicted octanol–water partition coefficient (Wildman–Crippen LogP) is 1.34. The number of rotatable bonds is 3. The average molecular weight is 285 g/mol. The number of carbonyl (C=O) groups excluding carboxylic acids is 3. The second-order valence-corrected chi connectivity index (χ2v) is 4.41. The number of aromatic nitrogens is 2. The largest absolute Gasteiger partial charge is 0.383 e. The zero-order valence-corrected chi connectivity index (χ0v) is 11.1. The molecule has 0 fully saturated rings. The van der Waals surface area contributed by atoms with E-state index in [2.05, 4.69) is 9.97 Å². The summed E-state index contributed by atoms with van der Waals surface area (Å²) in [4.78, 5) is 47.7. The van der Waals surface area contributed by atoms with Crippen molar-refractivity contribution < 1.29 is 19.2 Å². The van der Waals surface area contributed by atoms with Gasteiger partial charge in [0.25, 0.3) is 11.8 Å². The van der Waals surface area contributed by atoms with Gasteiger partial charge in [-0.3, -0.25) is 9.59 Å². The number of hydrogen-bond donors (Lipinski definition) is 1. The molecule has 2 aromatic rings. The Morgan fingerprint density at radius 2 is 1.86 bits per heavy atom. The molecule has 0 bridgehead atoms. The molecule has 0 atom stereocenters. The molecule has 3 rings (SSSR count). The van der Waals surface area contributed by atoms with Crippen molar-refractivity contribution in [1.29, 1.82) is 0 Å². The van der Waals surface area contributed by atoms with Crippen LogP contribution in [0.1, 0.15) is 43.8 Å². The van der Waals surface area contributed by atoms with Gasteiger partial charge in [0.05, 0.1) is 17.5 Å². The average Bonchev–Trinajstić information content (AvgIpc) is 3.07. The number of fused-ring (bicyclic) bond motifs is 1. The van der Waals surface area contributed by atoms with Gasteiger partial charge in [0.1, 0.15) is 0 Å². The molecule has 0 aliphatic carbocycles. The molecule has 21 heavy (non-hydrogen) atoms. The van der Waals surface area contributed by atoms with Crippen LogP contribution < -0.4 is 0 Å². The van der Waals surface area contributed by atoms with Crippen molar-refractivity contribution in [2.75, 3.05) is 0 Å². The predicted molar refractivity (Wildman–Crippen MR) is 70.3 cm³/mol. The van der Waals surface area contributed by atoms with Gasteiger partial charge in [0, 0.05) is 5.69 Å². The van der Waals surface area contributed by atoms with Crippen molar-refractivity contribution in [3.8, 4) is 0 Å². The van der Waals surface area contributed by atoms with Gasteiger partial charge < -0.3 is 9.82 Å². The van der Waals surface area contributed by atoms with Crippen LogP contribution >= 0.6 is 0 Å². The molecule has 1 aromatic heterocycles. The normalized spacial score (nSPS) is 13.5. The molecule has 0 radical (unpaired) electrons. The number of aryl methyl sites for hydroxylation is 1. The van der Waals surface area contributed by atoms with Gasteiger partial charge in [-0.25, -0.2) is 9.78 Å². The Kier molecular flexibility index (Phi) is 3.02. The van der Waals surface area contributed by atoms with E-state index in [9.17, 15) is 14.4 Å². The van der Waals surface area contributed by atoms with Crippen molar-refractivity contribution >= 4 is 17.8 Å². The van der Waals surface area contributed by atoms with Crippen LogP contribution in [-0.4, -0.2) is 32.8 Å². The molecule has 2 heterocycles. The number of amides is 2. The number of nitrogens with zero attached hydrogens (tertiary/aromatic N) is 2. The zero-order chi connectivity index (χ0) is 15.0. The highest BCUT2D eigenvalue weighted by molar-refractivity contribution is 6.21. The molecule has 0 spiro atoms. The molecule has 7 heteroatoms. The topological polar surface area (TPSA) is 92.4 Å². The summed E-state index contributed by atoms with van der Waals surface area (Å²) in [5.74, 6) is -2.15. The molecular weight excluding hydrogens is 274 g/mol. The third-order valence-corrected chi connectivity index (χ3v) is 3.20. The van der Waals surface area contributed by atoms with Crippen LogP contribution in [0.25, 0.3) is 0 Å². The molecule has 0 saturated heterocycles. The van der Waals surface area contributed by atoms with E-state index < -0.39 is 17.8 Å². The lowest BCUT2D eigenvalue weighted by atomic mass is 10.1. The number of carbonyl (C=O) groups is 3. The van der Waals surface area contributed by atoms with E-state index >= 15 is 0 Å². The van der Waals surface area contributed by atoms with Gasteiger partial charge in [0.15, 0.2) is 5.69 Å². The summed E-state index contributed by atoms with van der Waals surface area (Å²) in [6.45, 7) is 1.84. The van der Waals surface area contributed by atoms with Gasteiger partial charge >= 0.3 is 5.97 Å². The fourth-order valence-electron chi connectivity index (χ4n) is 2.14. The molecule has 106 valence electrons. The van der Waals surface area contributed by atoms with Crippen LogP contribution in [0.4, 0.5) is 0 Å². The van der Waals surface area contributed by atoms with E-state index in [4.69, 9.17) is 4.84 Å². The Bertz CT molecular complexity index is 715. The Morgan fingerprint density at radius 1 is 1.24 bits per heavy atom. The lowest BCUT2D eigenvalue weighted by Crippen LogP contribution is -2.33. The lowest BCUT2D eigenvalue weighted by molar-refractivity contribution is -0.0588. The minimum absolute atomic E-state index is 0.0639. The van der Waals surface area contributed by atoms with Crippen molar-refractivity contribution in [3.05, 3.63) is 53.1 Å². The number of imide groups is 1. The highest BCUT2D eigenvalue weighted by Crippen LogP contribution is 2.23. The highest BCUT2D eigenvalue weighted by atomic mass is 16.7. The summed E-state index contributed by atoms with van der Waals surface area (Å²) < 4.78 is 0. The van der Waals surface area contributed by atoms with Crippen molar-refractivity contribution in [3.63, 3.8) is 0 Å². The zero-order valence-electron chi connectivity index (χ0n) is 11.1. The molecule has 1 aliphatic heterocycles. The summed E-state index contributed by atoms with van der Waals surface area (Å²) in [5.41, 5.74) is 1.08. The van der Waals surface area contributed by atoms with Crippen LogP contribution in [-0.2, 0) is 11.3 Å². The number of aromatic amines is 1. The number of imidazole rings is 1. The first-order valence-corrected chi connectivity index (χ1v) is 6.35. The summed E-state index contributed by atoms with van der Waals surface area (Å²) in [7, 11) is 0. The third kappa shape index (κ3) is 1.99. The Balaban J connectivity index is 1.86. The molecule has 7 nitrogen and oxygen atoms in total. The number of hydroxylamine groups is 2. The van der Waals surface area contributed by atoms with Crippen LogP contribution in [0, 0.1) is 0 Å². The van der Waals surface area contributed by atoms with E-state index in [-0.39, 0.29) is 16.8 Å². The van der Waals surface area contributed by atoms with Crippen LogP contribution in [0.15, 0.2) is 30.6 Å². The van der Waals surface area contributed by atoms with Crippen molar-refractivity contribution in [2.24, 2.45) is 0 Å². The highest BCUT2D eigenvalue weighted by Gasteiger charge is 2.39. The molecule has 1 aliphatic rings. The summed E-state index contributed by atoms with van der Waals surface area (Å²) in [5, 5.41) is 0.473. The summed E-state index contributed by atoms with van der Waals surface area (Å²) in [6, 6.07) is 6.29. The maximum Gasteiger partial charge on any atom is 0.383 e.